The lowest BCUT2D eigenvalue weighted by atomic mass is 9.80. The minimum Gasteiger partial charge on any atom is -0.495 e. The minimum atomic E-state index is -0.309. The van der Waals surface area contributed by atoms with Crippen molar-refractivity contribution in [3.8, 4) is 5.75 Å². The summed E-state index contributed by atoms with van der Waals surface area (Å²) in [5.41, 5.74) is 1.34. The van der Waals surface area contributed by atoms with Crippen LogP contribution < -0.4 is 20.9 Å². The van der Waals surface area contributed by atoms with Gasteiger partial charge in [-0.25, -0.2) is 4.68 Å². The van der Waals surface area contributed by atoms with Crippen LogP contribution >= 0.6 is 15.9 Å². The van der Waals surface area contributed by atoms with Crippen molar-refractivity contribution < 1.29 is 9.53 Å². The number of amides is 1. The number of nitrogens with one attached hydrogen (secondary N) is 2. The predicted octanol–water partition coefficient (Wildman–Crippen LogP) is 2.72. The van der Waals surface area contributed by atoms with E-state index in [0.717, 1.165) is 23.1 Å². The SMILES string of the molecule is COc1cnccc1CNC(=O)Cn1ncc(NC23CC4CC(CC2C4)C3)c(Br)c1=O. The zero-order valence-corrected chi connectivity index (χ0v) is 19.0. The first-order valence-electron chi connectivity index (χ1n) is 10.7. The molecule has 4 bridgehead atoms. The molecule has 4 aliphatic carbocycles. The number of aromatic nitrogens is 3. The number of carbonyl (C=O) groups excluding carboxylic acids is 1. The lowest BCUT2D eigenvalue weighted by Gasteiger charge is -2.35. The van der Waals surface area contributed by atoms with Crippen molar-refractivity contribution in [3.05, 3.63) is 45.0 Å². The van der Waals surface area contributed by atoms with Gasteiger partial charge in [0.1, 0.15) is 16.8 Å². The summed E-state index contributed by atoms with van der Waals surface area (Å²) < 4.78 is 6.86. The molecule has 0 aromatic carbocycles. The first-order valence-corrected chi connectivity index (χ1v) is 11.5. The first kappa shape index (κ1) is 20.5. The number of carbonyl (C=O) groups is 1. The molecule has 2 N–H and O–H groups in total. The van der Waals surface area contributed by atoms with Gasteiger partial charge >= 0.3 is 0 Å². The zero-order chi connectivity index (χ0) is 21.6. The van der Waals surface area contributed by atoms with Gasteiger partial charge in [0, 0.05) is 23.8 Å². The second-order valence-electron chi connectivity index (χ2n) is 9.12. The van der Waals surface area contributed by atoms with Crippen LogP contribution in [0, 0.1) is 17.8 Å². The first-order chi connectivity index (χ1) is 15.0. The number of hydrogen-bond donors (Lipinski definition) is 2. The van der Waals surface area contributed by atoms with Gasteiger partial charge in [-0.15, -0.1) is 0 Å². The molecule has 4 saturated carbocycles. The Hall–Kier alpha value is -2.42. The Morgan fingerprint density at radius 3 is 2.81 bits per heavy atom. The van der Waals surface area contributed by atoms with E-state index in [-0.39, 0.29) is 30.1 Å². The molecule has 8 nitrogen and oxygen atoms in total. The fraction of sp³-hybridized carbons (Fsp3) is 0.545. The number of rotatable bonds is 7. The molecule has 0 saturated heterocycles. The van der Waals surface area contributed by atoms with Crippen molar-refractivity contribution in [2.75, 3.05) is 12.4 Å². The van der Waals surface area contributed by atoms with Crippen LogP contribution in [-0.4, -0.2) is 33.3 Å². The lowest BCUT2D eigenvalue weighted by molar-refractivity contribution is -0.122. The number of methoxy groups -OCH3 is 1. The Morgan fingerprint density at radius 2 is 2.06 bits per heavy atom. The predicted molar refractivity (Wildman–Crippen MR) is 119 cm³/mol. The summed E-state index contributed by atoms with van der Waals surface area (Å²) in [6, 6.07) is 1.78. The smallest absolute Gasteiger partial charge is 0.283 e. The van der Waals surface area contributed by atoms with Crippen molar-refractivity contribution >= 4 is 27.5 Å². The van der Waals surface area contributed by atoms with E-state index in [1.807, 2.05) is 0 Å². The maximum absolute atomic E-state index is 12.8. The summed E-state index contributed by atoms with van der Waals surface area (Å²) in [5, 5.41) is 10.8. The average molecular weight is 488 g/mol. The molecule has 4 aliphatic rings. The number of nitrogens with zero attached hydrogens (tertiary/aromatic N) is 3. The third kappa shape index (κ3) is 3.73. The quantitative estimate of drug-likeness (QED) is 0.622. The fourth-order valence-corrected chi connectivity index (χ4v) is 6.46. The van der Waals surface area contributed by atoms with E-state index in [1.165, 1.54) is 36.8 Å². The van der Waals surface area contributed by atoms with E-state index in [0.29, 0.717) is 16.1 Å². The van der Waals surface area contributed by atoms with Crippen LogP contribution in [0.3, 0.4) is 0 Å². The Morgan fingerprint density at radius 1 is 1.29 bits per heavy atom. The van der Waals surface area contributed by atoms with E-state index in [2.05, 4.69) is 36.6 Å². The largest absolute Gasteiger partial charge is 0.495 e. The van der Waals surface area contributed by atoms with Crippen LogP contribution in [0.5, 0.6) is 5.75 Å². The third-order valence-electron chi connectivity index (χ3n) is 7.22. The lowest BCUT2D eigenvalue weighted by Crippen LogP contribution is -2.40. The fourth-order valence-electron chi connectivity index (χ4n) is 6.06. The highest BCUT2D eigenvalue weighted by molar-refractivity contribution is 9.10. The molecule has 0 radical (unpaired) electrons. The second kappa shape index (κ2) is 7.93. The summed E-state index contributed by atoms with van der Waals surface area (Å²) in [5.74, 6) is 2.64. The highest BCUT2D eigenvalue weighted by Crippen LogP contribution is 2.61. The van der Waals surface area contributed by atoms with Crippen LogP contribution in [0.25, 0.3) is 0 Å². The van der Waals surface area contributed by atoms with Crippen molar-refractivity contribution in [1.29, 1.82) is 0 Å². The molecule has 9 heteroatoms. The van der Waals surface area contributed by atoms with Gasteiger partial charge in [-0.3, -0.25) is 14.6 Å². The maximum Gasteiger partial charge on any atom is 0.283 e. The number of ether oxygens (including phenoxy) is 1. The number of hydrogen-bond acceptors (Lipinski definition) is 6. The van der Waals surface area contributed by atoms with Gasteiger partial charge in [0.25, 0.3) is 5.56 Å². The molecule has 0 spiro atoms. The molecular weight excluding hydrogens is 462 g/mol. The maximum atomic E-state index is 12.8. The van der Waals surface area contributed by atoms with Gasteiger partial charge in [-0.2, -0.15) is 5.10 Å². The Bertz CT molecular complexity index is 1060. The third-order valence-corrected chi connectivity index (χ3v) is 7.98. The number of halogens is 1. The Labute approximate surface area is 188 Å². The number of anilines is 1. The van der Waals surface area contributed by atoms with Gasteiger partial charge < -0.3 is 15.4 Å². The van der Waals surface area contributed by atoms with Gasteiger partial charge in [0.2, 0.25) is 5.91 Å². The molecular formula is C22H26BrN5O3. The van der Waals surface area contributed by atoms with Crippen LogP contribution in [0.4, 0.5) is 5.69 Å². The van der Waals surface area contributed by atoms with E-state index in [9.17, 15) is 9.59 Å². The molecule has 2 atom stereocenters. The van der Waals surface area contributed by atoms with Crippen LogP contribution in [0.1, 0.15) is 37.7 Å². The summed E-state index contributed by atoms with van der Waals surface area (Å²) in [6.07, 6.45) is 11.2. The molecule has 2 aromatic heterocycles. The second-order valence-corrected chi connectivity index (χ2v) is 9.92. The zero-order valence-electron chi connectivity index (χ0n) is 17.4. The van der Waals surface area contributed by atoms with E-state index < -0.39 is 0 Å². The molecule has 6 rings (SSSR count). The van der Waals surface area contributed by atoms with Crippen molar-refractivity contribution in [2.24, 2.45) is 17.8 Å². The van der Waals surface area contributed by atoms with E-state index in [1.54, 1.807) is 31.8 Å². The molecule has 1 amide bonds. The highest BCUT2D eigenvalue weighted by Gasteiger charge is 2.57. The van der Waals surface area contributed by atoms with Crippen molar-refractivity contribution in [1.82, 2.24) is 20.1 Å². The topological polar surface area (TPSA) is 98.1 Å². The Balaban J connectivity index is 1.25. The highest BCUT2D eigenvalue weighted by atomic mass is 79.9. The summed E-state index contributed by atoms with van der Waals surface area (Å²) in [7, 11) is 1.56. The van der Waals surface area contributed by atoms with Crippen LogP contribution in [-0.2, 0) is 17.9 Å². The normalized spacial score (nSPS) is 28.0. The molecule has 2 heterocycles. The number of pyridine rings is 1. The van der Waals surface area contributed by atoms with Gasteiger partial charge in [-0.1, -0.05) is 0 Å². The summed E-state index contributed by atoms with van der Waals surface area (Å²) >= 11 is 3.45. The van der Waals surface area contributed by atoms with Crippen molar-refractivity contribution in [3.63, 3.8) is 0 Å². The molecule has 2 unspecified atom stereocenters. The molecule has 2 aromatic rings. The van der Waals surface area contributed by atoms with E-state index >= 15 is 0 Å². The molecule has 164 valence electrons. The van der Waals surface area contributed by atoms with Crippen LogP contribution in [0.15, 0.2) is 33.9 Å². The van der Waals surface area contributed by atoms with Gasteiger partial charge in [-0.05, 0) is 71.9 Å². The van der Waals surface area contributed by atoms with E-state index in [4.69, 9.17) is 4.74 Å². The minimum absolute atomic E-state index is 0.109. The van der Waals surface area contributed by atoms with Crippen molar-refractivity contribution in [2.45, 2.75) is 50.7 Å². The monoisotopic (exact) mass is 487 g/mol. The molecule has 4 fully saturated rings. The summed E-state index contributed by atoms with van der Waals surface area (Å²) in [6.45, 7) is 0.134. The molecule has 31 heavy (non-hydrogen) atoms. The van der Waals surface area contributed by atoms with Gasteiger partial charge in [0.15, 0.2) is 0 Å². The standard InChI is InChI=1S/C22H26BrN5O3/c1-31-18-11-24-3-2-15(18)9-25-19(29)12-28-21(30)20(23)17(10-26-28)27-22-7-13-4-14(8-22)6-16(22)5-13/h2-3,10-11,13-14,16,27H,4-9,12H2,1H3,(H,25,29). The summed E-state index contributed by atoms with van der Waals surface area (Å²) in [4.78, 5) is 29.2. The van der Waals surface area contributed by atoms with Crippen LogP contribution in [0.2, 0.25) is 0 Å². The Kier molecular flexibility index (Phi) is 5.24. The molecule has 0 aliphatic heterocycles. The van der Waals surface area contributed by atoms with Gasteiger partial charge in [0.05, 0.1) is 25.2 Å². The average Bonchev–Trinajstić information content (AvgIpc) is 3.15.